The molecule has 74 heavy (non-hydrogen) atoms. The maximum Gasteiger partial charge on any atom is 0.315 e. The fraction of sp³-hybridized carbons (Fsp3) is 0.942. The van der Waals surface area contributed by atoms with Gasteiger partial charge in [-0.05, 0) is 111 Å². The number of rotatable bonds is 11. The minimum absolute atomic E-state index is 0.0471. The number of ether oxygens (including phenoxy) is 8. The molecule has 0 aromatic carbocycles. The molecule has 9 aliphatic rings. The Morgan fingerprint density at radius 2 is 1.27 bits per heavy atom. The van der Waals surface area contributed by atoms with Gasteiger partial charge in [-0.15, -0.1) is 0 Å². The zero-order valence-electron chi connectivity index (χ0n) is 43.3. The zero-order chi connectivity index (χ0) is 53.8. The van der Waals surface area contributed by atoms with Crippen LogP contribution in [-0.2, 0) is 42.7 Å². The smallest absolute Gasteiger partial charge is 0.315 e. The van der Waals surface area contributed by atoms with E-state index in [1.807, 2.05) is 6.92 Å². The van der Waals surface area contributed by atoms with Crippen molar-refractivity contribution in [3.8, 4) is 0 Å². The average Bonchev–Trinajstić information content (AvgIpc) is 3.36. The largest absolute Gasteiger partial charge is 0.432 e. The normalized spacial score (nSPS) is 54.4. The zero-order valence-corrected chi connectivity index (χ0v) is 43.3. The van der Waals surface area contributed by atoms with E-state index >= 15 is 4.79 Å². The van der Waals surface area contributed by atoms with Crippen molar-refractivity contribution in [2.75, 3.05) is 26.4 Å². The van der Waals surface area contributed by atoms with Crippen molar-refractivity contribution in [2.24, 2.45) is 50.7 Å². The Morgan fingerprint density at radius 3 is 1.97 bits per heavy atom. The first-order chi connectivity index (χ1) is 34.8. The Labute approximate surface area is 431 Å². The Hall–Kier alpha value is -1.59. The number of fused-ring (bicyclic) bond motifs is 7. The van der Waals surface area contributed by atoms with Crippen LogP contribution in [0.1, 0.15) is 106 Å². The Bertz CT molecular complexity index is 2010. The second-order valence-corrected chi connectivity index (χ2v) is 25.1. The standard InChI is InChI=1S/C52H84O22/c1-22-32(56)35(59)39(63)45(69-22)73-42-27(18-53)70-43(41(65)37(42)61)68-20-28-34(58)36(60)40(64)46(71-28)74-47(66)52-14-9-24-23(25(52)17-48(2,3)15-16-52)7-8-29-49(24,4)12-10-30-50(29,5)13-11-31(51(30,6)21-54)72-44-38(62)33(57)26(55)19-67-44/h7,22,24-46,53-65H,8-21H2,1-6H3/t22-,24+,25-,26-,27+,28+,29-,30+,31-,32-,33-,34+,35+,36-,37+,38+,39+,40+,41+,42+,43+,44-,45-,46-,49-,50+,51-,52+/m0/s1. The van der Waals surface area contributed by atoms with Crippen molar-refractivity contribution in [3.63, 3.8) is 0 Å². The second kappa shape index (κ2) is 21.1. The van der Waals surface area contributed by atoms with Crippen molar-refractivity contribution < 1.29 is 109 Å². The van der Waals surface area contributed by atoms with Crippen LogP contribution in [0.25, 0.3) is 0 Å². The minimum Gasteiger partial charge on any atom is -0.432 e. The number of aliphatic hydroxyl groups is 13. The van der Waals surface area contributed by atoms with Crippen LogP contribution in [0.15, 0.2) is 11.6 Å². The molecule has 4 heterocycles. The molecule has 28 atom stereocenters. The molecule has 22 nitrogen and oxygen atoms in total. The molecule has 4 saturated carbocycles. The molecule has 0 bridgehead atoms. The predicted molar refractivity (Wildman–Crippen MR) is 252 cm³/mol. The van der Waals surface area contributed by atoms with Gasteiger partial charge in [0, 0.05) is 5.41 Å². The first-order valence-corrected chi connectivity index (χ1v) is 26.9. The summed E-state index contributed by atoms with van der Waals surface area (Å²) in [6.07, 6.45) is -20.9. The number of carbonyl (C=O) groups excluding carboxylic acids is 1. The topological polar surface area (TPSA) is 354 Å². The first kappa shape index (κ1) is 57.1. The molecule has 0 unspecified atom stereocenters. The summed E-state index contributed by atoms with van der Waals surface area (Å²) in [5.74, 6) is -0.387. The fourth-order valence-corrected chi connectivity index (χ4v) is 15.8. The molecule has 9 rings (SSSR count). The Morgan fingerprint density at radius 1 is 0.622 bits per heavy atom. The van der Waals surface area contributed by atoms with Crippen LogP contribution in [0.3, 0.4) is 0 Å². The lowest BCUT2D eigenvalue weighted by Gasteiger charge is -2.68. The SMILES string of the molecule is C[C@@H]1O[C@@H](O[C@H]2[C@H](O)[C@@H](O)[C@H](OC[C@H]3O[C@@H](OC(=O)[C@@]45CC[C@@H]6C(=CC[C@@H]7[C@@]8(C)CC[C@H](O[C@@H]9OC[C@H](O)[C@H](O)[C@H]9O)[C@@](C)(CO)[C@@H]8CC[C@]76C)[C@@H]4CC(C)(C)CC5)[C@H](O)[C@@H](O)[C@@H]3O)O[C@@H]2CO)[C@H](O)[C@H](O)[C@H]1O. The molecule has 4 aliphatic heterocycles. The molecule has 0 radical (unpaired) electrons. The first-order valence-electron chi connectivity index (χ1n) is 26.9. The summed E-state index contributed by atoms with van der Waals surface area (Å²) in [4.78, 5) is 15.0. The van der Waals surface area contributed by atoms with Crippen molar-refractivity contribution >= 4 is 5.97 Å². The highest BCUT2D eigenvalue weighted by Gasteiger charge is 2.68. The monoisotopic (exact) mass is 1060 g/mol. The Balaban J connectivity index is 0.884. The van der Waals surface area contributed by atoms with Crippen LogP contribution in [0.2, 0.25) is 0 Å². The number of aliphatic hydroxyl groups excluding tert-OH is 13. The van der Waals surface area contributed by atoms with E-state index in [-0.39, 0.29) is 53.1 Å². The highest BCUT2D eigenvalue weighted by atomic mass is 16.8. The highest BCUT2D eigenvalue weighted by molar-refractivity contribution is 5.79. The van der Waals surface area contributed by atoms with Gasteiger partial charge >= 0.3 is 5.97 Å². The average molecular weight is 1060 g/mol. The minimum atomic E-state index is -1.87. The van der Waals surface area contributed by atoms with Crippen molar-refractivity contribution in [2.45, 2.75) is 229 Å². The second-order valence-electron chi connectivity index (χ2n) is 25.1. The van der Waals surface area contributed by atoms with Crippen molar-refractivity contribution in [1.82, 2.24) is 0 Å². The summed E-state index contributed by atoms with van der Waals surface area (Å²) >= 11 is 0. The molecule has 0 aromatic heterocycles. The Kier molecular flexibility index (Phi) is 16.3. The van der Waals surface area contributed by atoms with E-state index in [1.54, 1.807) is 0 Å². The van der Waals surface area contributed by atoms with Crippen LogP contribution < -0.4 is 0 Å². The van der Waals surface area contributed by atoms with E-state index in [2.05, 4.69) is 33.8 Å². The molecule has 8 fully saturated rings. The van der Waals surface area contributed by atoms with Gasteiger partial charge in [0.15, 0.2) is 18.9 Å². The molecule has 0 aromatic rings. The highest BCUT2D eigenvalue weighted by Crippen LogP contribution is 2.72. The van der Waals surface area contributed by atoms with E-state index < -0.39 is 153 Å². The molecule has 22 heteroatoms. The lowest BCUT2D eigenvalue weighted by atomic mass is 9.37. The van der Waals surface area contributed by atoms with Crippen LogP contribution in [0.5, 0.6) is 0 Å². The van der Waals surface area contributed by atoms with Gasteiger partial charge in [0.2, 0.25) is 6.29 Å². The quantitative estimate of drug-likeness (QED) is 0.0618. The van der Waals surface area contributed by atoms with E-state index in [0.717, 1.165) is 32.1 Å². The summed E-state index contributed by atoms with van der Waals surface area (Å²) in [6, 6.07) is 0. The van der Waals surface area contributed by atoms with Gasteiger partial charge in [-0.1, -0.05) is 46.3 Å². The lowest BCUT2D eigenvalue weighted by Crippen LogP contribution is -2.65. The molecule has 0 amide bonds. The molecular weight excluding hydrogens is 977 g/mol. The summed E-state index contributed by atoms with van der Waals surface area (Å²) in [5, 5.41) is 139. The van der Waals surface area contributed by atoms with E-state index in [0.29, 0.717) is 32.1 Å². The van der Waals surface area contributed by atoms with E-state index in [1.165, 1.54) is 12.5 Å². The molecule has 0 spiro atoms. The third kappa shape index (κ3) is 9.56. The van der Waals surface area contributed by atoms with Crippen molar-refractivity contribution in [3.05, 3.63) is 11.6 Å². The van der Waals surface area contributed by atoms with Crippen LogP contribution in [-0.4, -0.2) is 222 Å². The van der Waals surface area contributed by atoms with Crippen molar-refractivity contribution in [1.29, 1.82) is 0 Å². The van der Waals surface area contributed by atoms with Gasteiger partial charge in [-0.3, -0.25) is 4.79 Å². The van der Waals surface area contributed by atoms with Crippen LogP contribution in [0.4, 0.5) is 0 Å². The maximum absolute atomic E-state index is 15.0. The fourth-order valence-electron chi connectivity index (χ4n) is 15.8. The van der Waals surface area contributed by atoms with E-state index in [4.69, 9.17) is 37.9 Å². The lowest BCUT2D eigenvalue weighted by molar-refractivity contribution is -0.361. The van der Waals surface area contributed by atoms with Gasteiger partial charge in [-0.2, -0.15) is 0 Å². The van der Waals surface area contributed by atoms with E-state index in [9.17, 15) is 66.4 Å². The third-order valence-electron chi connectivity index (χ3n) is 20.3. The number of hydrogen-bond acceptors (Lipinski definition) is 22. The van der Waals surface area contributed by atoms with Gasteiger partial charge in [-0.25, -0.2) is 0 Å². The molecule has 5 aliphatic carbocycles. The summed E-state index contributed by atoms with van der Waals surface area (Å²) in [5.41, 5.74) is -0.964. The van der Waals surface area contributed by atoms with Gasteiger partial charge < -0.3 is 104 Å². The maximum atomic E-state index is 15.0. The molecule has 4 saturated heterocycles. The summed E-state index contributed by atoms with van der Waals surface area (Å²) in [7, 11) is 0. The number of hydrogen-bond donors (Lipinski definition) is 13. The number of allylic oxidation sites excluding steroid dienone is 2. The van der Waals surface area contributed by atoms with Gasteiger partial charge in [0.1, 0.15) is 85.5 Å². The molecular formula is C52H84O22. The number of esters is 1. The molecule has 13 N–H and O–H groups in total. The van der Waals surface area contributed by atoms with Crippen LogP contribution >= 0.6 is 0 Å². The summed E-state index contributed by atoms with van der Waals surface area (Å²) < 4.78 is 46.8. The van der Waals surface area contributed by atoms with Gasteiger partial charge in [0.25, 0.3) is 0 Å². The summed E-state index contributed by atoms with van der Waals surface area (Å²) in [6.45, 7) is 10.9. The molecule has 424 valence electrons. The predicted octanol–water partition coefficient (Wildman–Crippen LogP) is -1.79. The van der Waals surface area contributed by atoms with Gasteiger partial charge in [0.05, 0.1) is 44.1 Å². The third-order valence-corrected chi connectivity index (χ3v) is 20.3. The van der Waals surface area contributed by atoms with Crippen LogP contribution in [0, 0.1) is 50.7 Å². The number of carbonyl (C=O) groups is 1.